The van der Waals surface area contributed by atoms with Gasteiger partial charge in [-0.2, -0.15) is 0 Å². The highest BCUT2D eigenvalue weighted by Crippen LogP contribution is 1.99. The summed E-state index contributed by atoms with van der Waals surface area (Å²) in [4.78, 5) is 0. The molecule has 0 aliphatic rings. The van der Waals surface area contributed by atoms with Crippen LogP contribution in [0.3, 0.4) is 0 Å². The Bertz CT molecular complexity index is 350. The average Bonchev–Trinajstić information content (AvgIpc) is 2.34. The number of fused-ring (bicyclic) bond motifs is 1. The van der Waals surface area contributed by atoms with Crippen LogP contribution in [0.1, 0.15) is 5.82 Å². The Labute approximate surface area is 58.3 Å². The van der Waals surface area contributed by atoms with Crippen LogP contribution in [0.15, 0.2) is 24.4 Å². The lowest BCUT2D eigenvalue weighted by molar-refractivity contribution is 1.05. The molecule has 0 N–H and O–H groups in total. The molecule has 2 rings (SSSR count). The van der Waals surface area contributed by atoms with Crippen molar-refractivity contribution in [3.8, 4) is 0 Å². The monoisotopic (exact) mass is 132 g/mol. The molecule has 0 aliphatic carbocycles. The van der Waals surface area contributed by atoms with Crippen LogP contribution in [0.2, 0.25) is 0 Å². The first kappa shape index (κ1) is 5.41. The lowest BCUT2D eigenvalue weighted by atomic mass is 10.5. The van der Waals surface area contributed by atoms with E-state index in [1.807, 2.05) is 28.8 Å². The van der Waals surface area contributed by atoms with Gasteiger partial charge in [-0.15, -0.1) is 10.2 Å². The van der Waals surface area contributed by atoms with Crippen molar-refractivity contribution in [3.05, 3.63) is 37.1 Å². The van der Waals surface area contributed by atoms with Crippen LogP contribution >= 0.6 is 0 Å². The van der Waals surface area contributed by atoms with Gasteiger partial charge < -0.3 is 0 Å². The van der Waals surface area contributed by atoms with Crippen molar-refractivity contribution >= 4 is 5.65 Å². The van der Waals surface area contributed by atoms with E-state index in [0.29, 0.717) is 5.82 Å². The summed E-state index contributed by atoms with van der Waals surface area (Å²) in [6, 6.07) is 5.73. The van der Waals surface area contributed by atoms with Gasteiger partial charge in [0.25, 0.3) is 0 Å². The Morgan fingerprint density at radius 1 is 1.30 bits per heavy atom. The molecule has 0 amide bonds. The van der Waals surface area contributed by atoms with Crippen molar-refractivity contribution in [1.82, 2.24) is 14.6 Å². The molecule has 0 aliphatic heterocycles. The third kappa shape index (κ3) is 0.603. The van der Waals surface area contributed by atoms with E-state index in [9.17, 15) is 0 Å². The van der Waals surface area contributed by atoms with Gasteiger partial charge in [0.15, 0.2) is 5.65 Å². The standard InChI is InChI=1S/C7H6N3/c1-6-8-9-7-4-2-3-5-10(6)7/h2-5H,1H2. The van der Waals surface area contributed by atoms with Crippen LogP contribution in [0.4, 0.5) is 0 Å². The van der Waals surface area contributed by atoms with E-state index < -0.39 is 0 Å². The predicted octanol–water partition coefficient (Wildman–Crippen LogP) is 0.911. The van der Waals surface area contributed by atoms with Crippen LogP contribution in [0.25, 0.3) is 5.65 Å². The first-order valence-electron chi connectivity index (χ1n) is 2.99. The molecule has 0 saturated heterocycles. The van der Waals surface area contributed by atoms with E-state index in [1.165, 1.54) is 0 Å². The van der Waals surface area contributed by atoms with Gasteiger partial charge in [-0.3, -0.25) is 4.40 Å². The molecule has 2 aromatic heterocycles. The van der Waals surface area contributed by atoms with Crippen LogP contribution in [0, 0.1) is 6.92 Å². The largest absolute Gasteiger partial charge is 0.286 e. The van der Waals surface area contributed by atoms with Gasteiger partial charge in [0.05, 0.1) is 0 Å². The zero-order valence-corrected chi connectivity index (χ0v) is 5.36. The first-order valence-corrected chi connectivity index (χ1v) is 2.99. The Kier molecular flexibility index (Phi) is 0.974. The van der Waals surface area contributed by atoms with Crippen molar-refractivity contribution in [2.75, 3.05) is 0 Å². The molecule has 10 heavy (non-hydrogen) atoms. The summed E-state index contributed by atoms with van der Waals surface area (Å²) in [6.45, 7) is 3.70. The molecule has 0 saturated carbocycles. The second-order valence-corrected chi connectivity index (χ2v) is 2.05. The van der Waals surface area contributed by atoms with E-state index in [4.69, 9.17) is 0 Å². The van der Waals surface area contributed by atoms with Crippen LogP contribution < -0.4 is 0 Å². The molecule has 2 aromatic rings. The minimum Gasteiger partial charge on any atom is -0.286 e. The summed E-state index contributed by atoms with van der Waals surface area (Å²) in [5.74, 6) is 0.676. The van der Waals surface area contributed by atoms with E-state index in [0.717, 1.165) is 5.65 Å². The van der Waals surface area contributed by atoms with Crippen molar-refractivity contribution in [3.63, 3.8) is 0 Å². The van der Waals surface area contributed by atoms with Crippen LogP contribution in [-0.4, -0.2) is 14.6 Å². The third-order valence-corrected chi connectivity index (χ3v) is 1.38. The lowest BCUT2D eigenvalue weighted by Gasteiger charge is -1.89. The molecule has 0 unspecified atom stereocenters. The number of hydrogen-bond acceptors (Lipinski definition) is 2. The predicted molar refractivity (Wildman–Crippen MR) is 37.4 cm³/mol. The van der Waals surface area contributed by atoms with Crippen molar-refractivity contribution in [2.24, 2.45) is 0 Å². The van der Waals surface area contributed by atoms with Crippen molar-refractivity contribution in [2.45, 2.75) is 0 Å². The van der Waals surface area contributed by atoms with Gasteiger partial charge in [-0.05, 0) is 12.1 Å². The minimum absolute atomic E-state index is 0.676. The van der Waals surface area contributed by atoms with Gasteiger partial charge in [-0.25, -0.2) is 0 Å². The molecular weight excluding hydrogens is 126 g/mol. The molecule has 3 nitrogen and oxygen atoms in total. The summed E-state index contributed by atoms with van der Waals surface area (Å²) in [5.41, 5.74) is 0.840. The second kappa shape index (κ2) is 1.80. The molecule has 0 atom stereocenters. The molecule has 3 heteroatoms. The lowest BCUT2D eigenvalue weighted by Crippen LogP contribution is -1.84. The molecule has 2 heterocycles. The maximum Gasteiger partial charge on any atom is 0.160 e. The molecule has 1 radical (unpaired) electrons. The van der Waals surface area contributed by atoms with E-state index >= 15 is 0 Å². The molecule has 0 fully saturated rings. The van der Waals surface area contributed by atoms with Gasteiger partial charge in [0.1, 0.15) is 5.82 Å². The smallest absolute Gasteiger partial charge is 0.160 e. The molecule has 0 aromatic carbocycles. The zero-order valence-electron chi connectivity index (χ0n) is 5.36. The Hall–Kier alpha value is -1.38. The maximum atomic E-state index is 3.87. The minimum atomic E-state index is 0.676. The number of hydrogen-bond donors (Lipinski definition) is 0. The quantitative estimate of drug-likeness (QED) is 0.533. The van der Waals surface area contributed by atoms with Gasteiger partial charge in [0.2, 0.25) is 0 Å². The maximum absolute atomic E-state index is 3.87. The molecule has 0 bridgehead atoms. The van der Waals surface area contributed by atoms with Gasteiger partial charge in [-0.1, -0.05) is 6.07 Å². The van der Waals surface area contributed by atoms with Crippen LogP contribution in [-0.2, 0) is 0 Å². The first-order chi connectivity index (χ1) is 4.88. The van der Waals surface area contributed by atoms with Gasteiger partial charge >= 0.3 is 0 Å². The van der Waals surface area contributed by atoms with Gasteiger partial charge in [0, 0.05) is 13.1 Å². The average molecular weight is 132 g/mol. The highest BCUT2D eigenvalue weighted by atomic mass is 15.2. The number of pyridine rings is 1. The Morgan fingerprint density at radius 3 is 3.00 bits per heavy atom. The van der Waals surface area contributed by atoms with Crippen molar-refractivity contribution in [1.29, 1.82) is 0 Å². The Morgan fingerprint density at radius 2 is 2.20 bits per heavy atom. The Balaban J connectivity index is 2.93. The highest BCUT2D eigenvalue weighted by Gasteiger charge is 1.95. The summed E-state index contributed by atoms with van der Waals surface area (Å²) in [5, 5.41) is 7.67. The normalized spacial score (nSPS) is 10.5. The van der Waals surface area contributed by atoms with Crippen molar-refractivity contribution < 1.29 is 0 Å². The second-order valence-electron chi connectivity index (χ2n) is 2.05. The molecule has 49 valence electrons. The zero-order chi connectivity index (χ0) is 6.97. The van der Waals surface area contributed by atoms with E-state index in [2.05, 4.69) is 17.1 Å². The van der Waals surface area contributed by atoms with E-state index in [1.54, 1.807) is 0 Å². The summed E-state index contributed by atoms with van der Waals surface area (Å²) in [7, 11) is 0. The topological polar surface area (TPSA) is 30.2 Å². The fraction of sp³-hybridized carbons (Fsp3) is 0. The highest BCUT2D eigenvalue weighted by molar-refractivity contribution is 5.37. The molecular formula is C7H6N3. The van der Waals surface area contributed by atoms with Crippen LogP contribution in [0.5, 0.6) is 0 Å². The van der Waals surface area contributed by atoms with E-state index in [-0.39, 0.29) is 0 Å². The summed E-state index contributed by atoms with van der Waals surface area (Å²) in [6.07, 6.45) is 1.89. The third-order valence-electron chi connectivity index (χ3n) is 1.38. The summed E-state index contributed by atoms with van der Waals surface area (Å²) >= 11 is 0. The number of nitrogens with zero attached hydrogens (tertiary/aromatic N) is 3. The molecule has 0 spiro atoms. The number of rotatable bonds is 0. The number of aromatic nitrogens is 3. The SMILES string of the molecule is [CH2]c1nnc2ccccn12. The fourth-order valence-corrected chi connectivity index (χ4v) is 0.891. The summed E-state index contributed by atoms with van der Waals surface area (Å²) < 4.78 is 1.83. The fourth-order valence-electron chi connectivity index (χ4n) is 0.891.